The zero-order chi connectivity index (χ0) is 25.5. The van der Waals surface area contributed by atoms with Gasteiger partial charge in [-0.25, -0.2) is 0 Å². The van der Waals surface area contributed by atoms with Crippen molar-refractivity contribution in [2.24, 2.45) is 13.0 Å². The number of carbonyl (C=O) groups excluding carboxylic acids is 2. The van der Waals surface area contributed by atoms with Crippen LogP contribution in [0.4, 0.5) is 0 Å². The summed E-state index contributed by atoms with van der Waals surface area (Å²) in [4.78, 5) is 30.6. The highest BCUT2D eigenvalue weighted by molar-refractivity contribution is 6.10. The largest absolute Gasteiger partial charge is 0.497 e. The predicted molar refractivity (Wildman–Crippen MR) is 146 cm³/mol. The van der Waals surface area contributed by atoms with Gasteiger partial charge in [-0.2, -0.15) is 0 Å². The summed E-state index contributed by atoms with van der Waals surface area (Å²) in [5, 5.41) is 2.29. The average Bonchev–Trinajstić information content (AvgIpc) is 3.23. The monoisotopic (exact) mass is 495 g/mol. The number of rotatable bonds is 5. The molecule has 1 aromatic heterocycles. The normalized spacial score (nSPS) is 19.9. The fourth-order valence-corrected chi connectivity index (χ4v) is 6.35. The molecule has 0 saturated carbocycles. The second kappa shape index (κ2) is 9.58. The van der Waals surface area contributed by atoms with Gasteiger partial charge in [0.2, 0.25) is 5.91 Å². The van der Waals surface area contributed by atoms with Crippen molar-refractivity contribution in [2.75, 3.05) is 26.7 Å². The second-order valence-corrected chi connectivity index (χ2v) is 10.4. The number of ether oxygens (including phenoxy) is 1. The predicted octanol–water partition coefficient (Wildman–Crippen LogP) is 5.04. The summed E-state index contributed by atoms with van der Waals surface area (Å²) in [6.45, 7) is 2.11. The molecule has 6 heteroatoms. The quantitative estimate of drug-likeness (QED) is 0.390. The number of fused-ring (bicyclic) bond motifs is 4. The lowest BCUT2D eigenvalue weighted by molar-refractivity contribution is -0.140. The van der Waals surface area contributed by atoms with Gasteiger partial charge in [-0.1, -0.05) is 30.3 Å². The third-order valence-corrected chi connectivity index (χ3v) is 8.39. The molecule has 2 saturated heterocycles. The number of carbonyl (C=O) groups is 2. The van der Waals surface area contributed by atoms with Gasteiger partial charge in [0.1, 0.15) is 5.75 Å². The Morgan fingerprint density at radius 1 is 0.973 bits per heavy atom. The topological polar surface area (TPSA) is 54.8 Å². The summed E-state index contributed by atoms with van der Waals surface area (Å²) in [6, 6.07) is 22.7. The van der Waals surface area contributed by atoms with Crippen LogP contribution in [0.15, 0.2) is 66.7 Å². The molecule has 0 radical (unpaired) electrons. The summed E-state index contributed by atoms with van der Waals surface area (Å²) < 4.78 is 7.44. The molecule has 190 valence electrons. The summed E-state index contributed by atoms with van der Waals surface area (Å²) in [5.41, 5.74) is 4.25. The van der Waals surface area contributed by atoms with Crippen molar-refractivity contribution in [2.45, 2.75) is 31.7 Å². The van der Waals surface area contributed by atoms with Gasteiger partial charge in [-0.3, -0.25) is 9.59 Å². The molecule has 2 aliphatic heterocycles. The van der Waals surface area contributed by atoms with Gasteiger partial charge in [0.25, 0.3) is 5.91 Å². The maximum Gasteiger partial charge on any atom is 0.253 e. The van der Waals surface area contributed by atoms with Crippen LogP contribution in [-0.4, -0.2) is 59.0 Å². The Hall–Kier alpha value is -3.80. The molecule has 6 nitrogen and oxygen atoms in total. The van der Waals surface area contributed by atoms with Crippen molar-refractivity contribution in [3.63, 3.8) is 0 Å². The zero-order valence-corrected chi connectivity index (χ0v) is 21.5. The number of piperidine rings is 2. The minimum absolute atomic E-state index is 0.0926. The van der Waals surface area contributed by atoms with Crippen LogP contribution < -0.4 is 4.74 Å². The first-order chi connectivity index (χ1) is 18.0. The van der Waals surface area contributed by atoms with Gasteiger partial charge in [-0.05, 0) is 67.1 Å². The van der Waals surface area contributed by atoms with E-state index >= 15 is 0 Å². The standard InChI is InChI=1S/C31H33N3O3/c1-32-28-6-4-3-5-25(28)26-19-22(9-13-29(26)32)31(36)33-17-16-27-23(20-33)10-14-30(35)34(27)18-15-21-7-11-24(37-2)12-8-21/h3-9,11-13,19,23,27H,10,14-18,20H2,1-2H3/t23-,27+/m0/s1. The lowest BCUT2D eigenvalue weighted by atomic mass is 9.83. The Balaban J connectivity index is 1.16. The molecule has 2 fully saturated rings. The lowest BCUT2D eigenvalue weighted by Gasteiger charge is -2.47. The molecule has 3 heterocycles. The number of likely N-dealkylation sites (tertiary alicyclic amines) is 2. The van der Waals surface area contributed by atoms with E-state index in [-0.39, 0.29) is 17.9 Å². The van der Waals surface area contributed by atoms with Crippen molar-refractivity contribution >= 4 is 33.6 Å². The molecule has 37 heavy (non-hydrogen) atoms. The Kier molecular flexibility index (Phi) is 6.11. The third kappa shape index (κ3) is 4.24. The van der Waals surface area contributed by atoms with Crippen molar-refractivity contribution in [3.8, 4) is 5.75 Å². The number of para-hydroxylation sites is 1. The van der Waals surface area contributed by atoms with Gasteiger partial charge >= 0.3 is 0 Å². The summed E-state index contributed by atoms with van der Waals surface area (Å²) in [5.74, 6) is 1.51. The van der Waals surface area contributed by atoms with E-state index in [0.717, 1.165) is 48.0 Å². The van der Waals surface area contributed by atoms with E-state index in [4.69, 9.17) is 4.74 Å². The number of hydrogen-bond donors (Lipinski definition) is 0. The first-order valence-corrected chi connectivity index (χ1v) is 13.2. The molecule has 2 atom stereocenters. The molecular formula is C31H33N3O3. The number of aryl methyl sites for hydroxylation is 1. The molecule has 0 unspecified atom stereocenters. The smallest absolute Gasteiger partial charge is 0.253 e. The second-order valence-electron chi connectivity index (χ2n) is 10.4. The molecular weight excluding hydrogens is 462 g/mol. The highest BCUT2D eigenvalue weighted by atomic mass is 16.5. The molecule has 0 bridgehead atoms. The van der Waals surface area contributed by atoms with Gasteiger partial charge in [-0.15, -0.1) is 0 Å². The van der Waals surface area contributed by atoms with E-state index in [1.165, 1.54) is 16.5 Å². The molecule has 0 N–H and O–H groups in total. The Morgan fingerprint density at radius 3 is 2.57 bits per heavy atom. The van der Waals surface area contributed by atoms with Gasteiger partial charge in [0, 0.05) is 66.5 Å². The van der Waals surface area contributed by atoms with Gasteiger partial charge in [0.05, 0.1) is 7.11 Å². The number of nitrogens with zero attached hydrogens (tertiary/aromatic N) is 3. The number of aromatic nitrogens is 1. The van der Waals surface area contributed by atoms with E-state index in [9.17, 15) is 9.59 Å². The summed E-state index contributed by atoms with van der Waals surface area (Å²) >= 11 is 0. The van der Waals surface area contributed by atoms with E-state index in [0.29, 0.717) is 25.4 Å². The molecule has 2 aliphatic rings. The van der Waals surface area contributed by atoms with Crippen LogP contribution in [-0.2, 0) is 18.3 Å². The maximum absolute atomic E-state index is 13.6. The maximum atomic E-state index is 13.6. The summed E-state index contributed by atoms with van der Waals surface area (Å²) in [7, 11) is 3.74. The number of methoxy groups -OCH3 is 1. The first kappa shape index (κ1) is 23.6. The van der Waals surface area contributed by atoms with Crippen LogP contribution in [0.25, 0.3) is 21.8 Å². The average molecular weight is 496 g/mol. The SMILES string of the molecule is COc1ccc(CCN2C(=O)CC[C@H]3CN(C(=O)c4ccc5c(c4)c4ccccc4n5C)CC[C@H]32)cc1. The number of amides is 2. The Labute approximate surface area is 217 Å². The fourth-order valence-electron chi connectivity index (χ4n) is 6.35. The van der Waals surface area contributed by atoms with Crippen molar-refractivity contribution < 1.29 is 14.3 Å². The minimum atomic E-state index is 0.0926. The van der Waals surface area contributed by atoms with E-state index in [1.54, 1.807) is 7.11 Å². The highest BCUT2D eigenvalue weighted by Crippen LogP contribution is 2.33. The summed E-state index contributed by atoms with van der Waals surface area (Å²) in [6.07, 6.45) is 3.08. The molecule has 0 aliphatic carbocycles. The van der Waals surface area contributed by atoms with Crippen LogP contribution in [0.2, 0.25) is 0 Å². The van der Waals surface area contributed by atoms with Crippen molar-refractivity contribution in [1.29, 1.82) is 0 Å². The van der Waals surface area contributed by atoms with E-state index in [2.05, 4.69) is 52.9 Å². The molecule has 6 rings (SSSR count). The van der Waals surface area contributed by atoms with Crippen LogP contribution >= 0.6 is 0 Å². The van der Waals surface area contributed by atoms with Crippen molar-refractivity contribution in [1.82, 2.24) is 14.4 Å². The minimum Gasteiger partial charge on any atom is -0.497 e. The third-order valence-electron chi connectivity index (χ3n) is 8.39. The molecule has 2 amide bonds. The Morgan fingerprint density at radius 2 is 1.76 bits per heavy atom. The van der Waals surface area contributed by atoms with Crippen LogP contribution in [0, 0.1) is 5.92 Å². The molecule has 3 aromatic carbocycles. The van der Waals surface area contributed by atoms with Crippen molar-refractivity contribution in [3.05, 3.63) is 77.9 Å². The number of hydrogen-bond acceptors (Lipinski definition) is 3. The molecule has 4 aromatic rings. The zero-order valence-electron chi connectivity index (χ0n) is 21.5. The first-order valence-electron chi connectivity index (χ1n) is 13.2. The van der Waals surface area contributed by atoms with E-state index < -0.39 is 0 Å². The van der Waals surface area contributed by atoms with Crippen LogP contribution in [0.5, 0.6) is 5.75 Å². The highest BCUT2D eigenvalue weighted by Gasteiger charge is 2.40. The van der Waals surface area contributed by atoms with Crippen LogP contribution in [0.3, 0.4) is 0 Å². The van der Waals surface area contributed by atoms with Crippen LogP contribution in [0.1, 0.15) is 35.2 Å². The lowest BCUT2D eigenvalue weighted by Crippen LogP contribution is -2.57. The molecule has 0 spiro atoms. The Bertz CT molecular complexity index is 1470. The van der Waals surface area contributed by atoms with Gasteiger partial charge in [0.15, 0.2) is 0 Å². The number of benzene rings is 3. The fraction of sp³-hybridized carbons (Fsp3) is 0.355. The van der Waals surface area contributed by atoms with Gasteiger partial charge < -0.3 is 19.1 Å². The van der Waals surface area contributed by atoms with E-state index in [1.807, 2.05) is 35.2 Å².